The lowest BCUT2D eigenvalue weighted by molar-refractivity contribution is -0.127. The van der Waals surface area contributed by atoms with Gasteiger partial charge in [-0.05, 0) is 31.5 Å². The first-order valence-corrected chi connectivity index (χ1v) is 7.33. The Balaban J connectivity index is 2.33. The van der Waals surface area contributed by atoms with Crippen molar-refractivity contribution in [3.8, 4) is 0 Å². The number of anilines is 1. The molecule has 1 aliphatic heterocycles. The molecule has 1 atom stereocenters. The lowest BCUT2D eigenvalue weighted by Gasteiger charge is -2.32. The summed E-state index contributed by atoms with van der Waals surface area (Å²) in [4.78, 5) is 25.8. The molecule has 0 spiro atoms. The number of carboxylic acid groups (broad SMARTS) is 1. The lowest BCUT2D eigenvalue weighted by Crippen LogP contribution is -2.44. The Hall–Kier alpha value is -1.88. The molecule has 1 aromatic carbocycles. The van der Waals surface area contributed by atoms with Gasteiger partial charge in [-0.2, -0.15) is 0 Å². The third kappa shape index (κ3) is 2.93. The van der Waals surface area contributed by atoms with Gasteiger partial charge in [-0.15, -0.1) is 0 Å². The number of para-hydroxylation sites is 1. The van der Waals surface area contributed by atoms with Crippen LogP contribution < -0.4 is 10.2 Å². The molecule has 0 bridgehead atoms. The predicted molar refractivity (Wildman–Crippen MR) is 81.6 cm³/mol. The molecule has 1 heterocycles. The summed E-state index contributed by atoms with van der Waals surface area (Å²) in [5.41, 5.74) is 0.207. The van der Waals surface area contributed by atoms with E-state index in [1.165, 1.54) is 11.0 Å². The first-order valence-electron chi connectivity index (χ1n) is 7.33. The Labute approximate surface area is 125 Å². The summed E-state index contributed by atoms with van der Waals surface area (Å²) in [7, 11) is 1.67. The van der Waals surface area contributed by atoms with Gasteiger partial charge in [0.2, 0.25) is 5.91 Å². The van der Waals surface area contributed by atoms with Crippen LogP contribution in [0.3, 0.4) is 0 Å². The van der Waals surface area contributed by atoms with E-state index in [0.717, 1.165) is 25.8 Å². The number of hydrogen-bond donors (Lipinski definition) is 2. The first kappa shape index (κ1) is 15.5. The maximum absolute atomic E-state index is 12.9. The Bertz CT molecular complexity index is 536. The van der Waals surface area contributed by atoms with Crippen molar-refractivity contribution in [2.24, 2.45) is 5.41 Å². The van der Waals surface area contributed by atoms with Crippen LogP contribution in [0.15, 0.2) is 24.3 Å². The molecule has 0 saturated carbocycles. The number of rotatable bonds is 5. The van der Waals surface area contributed by atoms with E-state index in [0.29, 0.717) is 12.2 Å². The number of nitrogens with one attached hydrogen (secondary N) is 1. The highest BCUT2D eigenvalue weighted by molar-refractivity contribution is 6.03. The number of carboxylic acids is 1. The van der Waals surface area contributed by atoms with E-state index in [-0.39, 0.29) is 11.5 Å². The molecule has 1 fully saturated rings. The average Bonchev–Trinajstić information content (AvgIpc) is 2.96. The van der Waals surface area contributed by atoms with E-state index in [9.17, 15) is 14.7 Å². The molecule has 1 aromatic rings. The second-order valence-corrected chi connectivity index (χ2v) is 5.64. The van der Waals surface area contributed by atoms with Crippen molar-refractivity contribution in [3.63, 3.8) is 0 Å². The van der Waals surface area contributed by atoms with E-state index in [2.05, 4.69) is 12.2 Å². The van der Waals surface area contributed by atoms with Gasteiger partial charge in [-0.1, -0.05) is 25.5 Å². The molecule has 2 rings (SSSR count). The fourth-order valence-electron chi connectivity index (χ4n) is 3.14. The highest BCUT2D eigenvalue weighted by atomic mass is 16.4. The number of aromatic carboxylic acids is 1. The molecule has 2 N–H and O–H groups in total. The van der Waals surface area contributed by atoms with Crippen LogP contribution in [0, 0.1) is 5.41 Å². The van der Waals surface area contributed by atoms with Gasteiger partial charge >= 0.3 is 5.97 Å². The second-order valence-electron chi connectivity index (χ2n) is 5.64. The van der Waals surface area contributed by atoms with E-state index < -0.39 is 11.4 Å². The summed E-state index contributed by atoms with van der Waals surface area (Å²) in [5.74, 6) is -1.01. The van der Waals surface area contributed by atoms with Crippen molar-refractivity contribution < 1.29 is 14.7 Å². The van der Waals surface area contributed by atoms with Crippen LogP contribution in [0.25, 0.3) is 0 Å². The van der Waals surface area contributed by atoms with Crippen LogP contribution in [-0.2, 0) is 4.79 Å². The molecule has 5 nitrogen and oxygen atoms in total. The maximum atomic E-state index is 12.9. The van der Waals surface area contributed by atoms with Crippen LogP contribution >= 0.6 is 0 Å². The van der Waals surface area contributed by atoms with Crippen molar-refractivity contribution in [2.45, 2.75) is 26.2 Å². The standard InChI is InChI=1S/C16H22N2O3/c1-3-8-16(9-10-17-11-16)15(21)18(2)13-7-5-4-6-12(13)14(19)20/h4-7,17H,3,8-11H2,1-2H3,(H,19,20). The number of amides is 1. The van der Waals surface area contributed by atoms with Crippen molar-refractivity contribution in [1.29, 1.82) is 0 Å². The molecule has 5 heteroatoms. The van der Waals surface area contributed by atoms with Crippen LogP contribution in [0.4, 0.5) is 5.69 Å². The summed E-state index contributed by atoms with van der Waals surface area (Å²) in [6.45, 7) is 3.57. The zero-order valence-electron chi connectivity index (χ0n) is 12.6. The lowest BCUT2D eigenvalue weighted by atomic mass is 9.81. The van der Waals surface area contributed by atoms with Gasteiger partial charge in [0.15, 0.2) is 0 Å². The molecule has 1 amide bonds. The number of carbonyl (C=O) groups excluding carboxylic acids is 1. The molecule has 0 aliphatic carbocycles. The maximum Gasteiger partial charge on any atom is 0.337 e. The summed E-state index contributed by atoms with van der Waals surface area (Å²) in [6.07, 6.45) is 2.56. The Morgan fingerprint density at radius 2 is 2.10 bits per heavy atom. The van der Waals surface area contributed by atoms with Crippen LogP contribution in [0.2, 0.25) is 0 Å². The predicted octanol–water partition coefficient (Wildman–Crippen LogP) is 2.13. The van der Waals surface area contributed by atoms with Crippen molar-refractivity contribution in [3.05, 3.63) is 29.8 Å². The monoisotopic (exact) mass is 290 g/mol. The molecule has 114 valence electrons. The Morgan fingerprint density at radius 3 is 2.67 bits per heavy atom. The quantitative estimate of drug-likeness (QED) is 0.871. The topological polar surface area (TPSA) is 69.6 Å². The largest absolute Gasteiger partial charge is 0.478 e. The van der Waals surface area contributed by atoms with Crippen LogP contribution in [-0.4, -0.2) is 37.1 Å². The van der Waals surface area contributed by atoms with E-state index in [4.69, 9.17) is 0 Å². The molecule has 1 aliphatic rings. The molecule has 1 saturated heterocycles. The van der Waals surface area contributed by atoms with Gasteiger partial charge in [-0.25, -0.2) is 4.79 Å². The minimum atomic E-state index is -1.01. The van der Waals surface area contributed by atoms with Gasteiger partial charge in [0.05, 0.1) is 16.7 Å². The highest BCUT2D eigenvalue weighted by Crippen LogP contribution is 2.35. The molecular weight excluding hydrogens is 268 g/mol. The molecule has 0 radical (unpaired) electrons. The molecule has 0 aromatic heterocycles. The fraction of sp³-hybridized carbons (Fsp3) is 0.500. The smallest absolute Gasteiger partial charge is 0.337 e. The zero-order valence-corrected chi connectivity index (χ0v) is 12.6. The highest BCUT2D eigenvalue weighted by Gasteiger charge is 2.42. The third-order valence-corrected chi connectivity index (χ3v) is 4.23. The first-order chi connectivity index (χ1) is 10.0. The van der Waals surface area contributed by atoms with Gasteiger partial charge in [-0.3, -0.25) is 4.79 Å². The molecule has 1 unspecified atom stereocenters. The normalized spacial score (nSPS) is 21.2. The van der Waals surface area contributed by atoms with Crippen LogP contribution in [0.5, 0.6) is 0 Å². The van der Waals surface area contributed by atoms with E-state index in [1.54, 1.807) is 25.2 Å². The zero-order chi connectivity index (χ0) is 15.5. The number of benzene rings is 1. The minimum Gasteiger partial charge on any atom is -0.478 e. The Kier molecular flexibility index (Phi) is 4.63. The van der Waals surface area contributed by atoms with E-state index >= 15 is 0 Å². The summed E-state index contributed by atoms with van der Waals surface area (Å²) in [5, 5.41) is 12.5. The van der Waals surface area contributed by atoms with Crippen LogP contribution in [0.1, 0.15) is 36.5 Å². The SMILES string of the molecule is CCCC1(C(=O)N(C)c2ccccc2C(=O)O)CCNC1. The minimum absolute atomic E-state index is 0.00282. The Morgan fingerprint density at radius 1 is 1.38 bits per heavy atom. The van der Waals surface area contributed by atoms with Crippen molar-refractivity contribution >= 4 is 17.6 Å². The van der Waals surface area contributed by atoms with Crippen molar-refractivity contribution in [1.82, 2.24) is 5.32 Å². The van der Waals surface area contributed by atoms with Gasteiger partial charge in [0.1, 0.15) is 0 Å². The van der Waals surface area contributed by atoms with E-state index in [1.807, 2.05) is 0 Å². The summed E-state index contributed by atoms with van der Waals surface area (Å²) < 4.78 is 0. The number of carbonyl (C=O) groups is 2. The molecule has 21 heavy (non-hydrogen) atoms. The fourth-order valence-corrected chi connectivity index (χ4v) is 3.14. The number of hydrogen-bond acceptors (Lipinski definition) is 3. The van der Waals surface area contributed by atoms with Gasteiger partial charge in [0.25, 0.3) is 0 Å². The third-order valence-electron chi connectivity index (χ3n) is 4.23. The average molecular weight is 290 g/mol. The van der Waals surface area contributed by atoms with Gasteiger partial charge in [0, 0.05) is 13.6 Å². The summed E-state index contributed by atoms with van der Waals surface area (Å²) in [6, 6.07) is 6.64. The number of nitrogens with zero attached hydrogens (tertiary/aromatic N) is 1. The molecular formula is C16H22N2O3. The van der Waals surface area contributed by atoms with Crippen molar-refractivity contribution in [2.75, 3.05) is 25.0 Å². The second kappa shape index (κ2) is 6.26. The van der Waals surface area contributed by atoms with Gasteiger partial charge < -0.3 is 15.3 Å². The summed E-state index contributed by atoms with van der Waals surface area (Å²) >= 11 is 0.